The molecule has 0 aromatic heterocycles. The Morgan fingerprint density at radius 1 is 1.20 bits per heavy atom. The first kappa shape index (κ1) is 16.8. The molecule has 1 aliphatic heterocycles. The van der Waals surface area contributed by atoms with Crippen LogP contribution in [0.5, 0.6) is 5.75 Å². The Labute approximate surface area is 145 Å². The Balaban J connectivity index is 1.48. The standard InChI is InChI=1S/C18H19N3O4/c22-18(19-11-9-13-5-7-14(8-6-13)21(23)24)20-16-10-12-25-17-4-2-1-3-15(16)17/h1-8,16H,9-12H2,(H2,19,20,22)/t16-/m1/s1. The molecular formula is C18H19N3O4. The molecule has 2 N–H and O–H groups in total. The maximum absolute atomic E-state index is 12.1. The van der Waals surface area contributed by atoms with Gasteiger partial charge in [-0.1, -0.05) is 30.3 Å². The Morgan fingerprint density at radius 3 is 2.72 bits per heavy atom. The van der Waals surface area contributed by atoms with E-state index in [0.717, 1.165) is 23.3 Å². The molecular weight excluding hydrogens is 322 g/mol. The van der Waals surface area contributed by atoms with E-state index in [1.807, 2.05) is 24.3 Å². The van der Waals surface area contributed by atoms with Crippen molar-refractivity contribution in [1.82, 2.24) is 10.6 Å². The summed E-state index contributed by atoms with van der Waals surface area (Å²) in [6, 6.07) is 13.7. The van der Waals surface area contributed by atoms with Gasteiger partial charge in [0.1, 0.15) is 5.75 Å². The van der Waals surface area contributed by atoms with Crippen molar-refractivity contribution in [1.29, 1.82) is 0 Å². The number of para-hydroxylation sites is 1. The summed E-state index contributed by atoms with van der Waals surface area (Å²) in [5.74, 6) is 0.810. The van der Waals surface area contributed by atoms with Gasteiger partial charge in [0.25, 0.3) is 5.69 Å². The smallest absolute Gasteiger partial charge is 0.315 e. The predicted octanol–water partition coefficient (Wildman–Crippen LogP) is 2.96. The third kappa shape index (κ3) is 4.26. The zero-order valence-corrected chi connectivity index (χ0v) is 13.6. The summed E-state index contributed by atoms with van der Waals surface area (Å²) in [5.41, 5.74) is 1.98. The number of fused-ring (bicyclic) bond motifs is 1. The van der Waals surface area contributed by atoms with Crippen LogP contribution in [-0.2, 0) is 6.42 Å². The van der Waals surface area contributed by atoms with Gasteiger partial charge in [-0.2, -0.15) is 0 Å². The first-order chi connectivity index (χ1) is 12.1. The molecule has 0 unspecified atom stereocenters. The molecule has 25 heavy (non-hydrogen) atoms. The fraction of sp³-hybridized carbons (Fsp3) is 0.278. The number of nitro groups is 1. The average molecular weight is 341 g/mol. The highest BCUT2D eigenvalue weighted by atomic mass is 16.6. The van der Waals surface area contributed by atoms with Crippen molar-refractivity contribution in [2.75, 3.05) is 13.2 Å². The number of nitrogens with one attached hydrogen (secondary N) is 2. The summed E-state index contributed by atoms with van der Waals surface area (Å²) in [4.78, 5) is 22.3. The molecule has 3 rings (SSSR count). The van der Waals surface area contributed by atoms with Crippen molar-refractivity contribution >= 4 is 11.7 Å². The molecule has 7 heteroatoms. The molecule has 0 fully saturated rings. The molecule has 7 nitrogen and oxygen atoms in total. The topological polar surface area (TPSA) is 93.5 Å². The van der Waals surface area contributed by atoms with Gasteiger partial charge in [-0.25, -0.2) is 4.79 Å². The van der Waals surface area contributed by atoms with Gasteiger partial charge in [0.2, 0.25) is 0 Å². The summed E-state index contributed by atoms with van der Waals surface area (Å²) in [6.45, 7) is 1.03. The molecule has 1 heterocycles. The molecule has 2 aromatic rings. The molecule has 1 atom stereocenters. The number of nitrogens with zero attached hydrogens (tertiary/aromatic N) is 1. The second-order valence-corrected chi connectivity index (χ2v) is 5.80. The molecule has 0 bridgehead atoms. The quantitative estimate of drug-likeness (QED) is 0.646. The van der Waals surface area contributed by atoms with Gasteiger partial charge in [-0.15, -0.1) is 0 Å². The highest BCUT2D eigenvalue weighted by molar-refractivity contribution is 5.74. The number of carbonyl (C=O) groups excluding carboxylic acids is 1. The van der Waals surface area contributed by atoms with Crippen molar-refractivity contribution in [3.63, 3.8) is 0 Å². The summed E-state index contributed by atoms with van der Waals surface area (Å²) < 4.78 is 5.58. The molecule has 0 saturated carbocycles. The minimum atomic E-state index is -0.429. The normalized spacial score (nSPS) is 15.6. The number of amides is 2. The lowest BCUT2D eigenvalue weighted by Gasteiger charge is -2.26. The highest BCUT2D eigenvalue weighted by Crippen LogP contribution is 2.31. The van der Waals surface area contributed by atoms with Gasteiger partial charge in [-0.3, -0.25) is 10.1 Å². The first-order valence-electron chi connectivity index (χ1n) is 8.13. The Bertz CT molecular complexity index is 761. The van der Waals surface area contributed by atoms with E-state index < -0.39 is 4.92 Å². The van der Waals surface area contributed by atoms with Crippen LogP contribution in [-0.4, -0.2) is 24.1 Å². The third-order valence-corrected chi connectivity index (χ3v) is 4.11. The van der Waals surface area contributed by atoms with Crippen LogP contribution < -0.4 is 15.4 Å². The average Bonchev–Trinajstić information content (AvgIpc) is 2.62. The molecule has 130 valence electrons. The van der Waals surface area contributed by atoms with Gasteiger partial charge < -0.3 is 15.4 Å². The van der Waals surface area contributed by atoms with E-state index in [1.165, 1.54) is 12.1 Å². The van der Waals surface area contributed by atoms with Crippen molar-refractivity contribution in [3.8, 4) is 5.75 Å². The van der Waals surface area contributed by atoms with Gasteiger partial charge in [0.15, 0.2) is 0 Å². The Kier molecular flexibility index (Phi) is 5.13. The van der Waals surface area contributed by atoms with E-state index in [2.05, 4.69) is 10.6 Å². The van der Waals surface area contributed by atoms with Crippen molar-refractivity contribution in [3.05, 3.63) is 69.8 Å². The first-order valence-corrected chi connectivity index (χ1v) is 8.13. The lowest BCUT2D eigenvalue weighted by atomic mass is 10.0. The van der Waals surface area contributed by atoms with Crippen molar-refractivity contribution < 1.29 is 14.5 Å². The predicted molar refractivity (Wildman–Crippen MR) is 92.6 cm³/mol. The lowest BCUT2D eigenvalue weighted by molar-refractivity contribution is -0.384. The summed E-state index contributed by atoms with van der Waals surface area (Å²) >= 11 is 0. The SMILES string of the molecule is O=C(NCCc1ccc([N+](=O)[O-])cc1)N[C@@H]1CCOc2ccccc21. The maximum atomic E-state index is 12.1. The largest absolute Gasteiger partial charge is 0.493 e. The van der Waals surface area contributed by atoms with Crippen LogP contribution in [0.25, 0.3) is 0 Å². The van der Waals surface area contributed by atoms with Gasteiger partial charge >= 0.3 is 6.03 Å². The highest BCUT2D eigenvalue weighted by Gasteiger charge is 2.22. The van der Waals surface area contributed by atoms with Crippen LogP contribution in [0.3, 0.4) is 0 Å². The van der Waals surface area contributed by atoms with E-state index >= 15 is 0 Å². The second-order valence-electron chi connectivity index (χ2n) is 5.80. The zero-order valence-electron chi connectivity index (χ0n) is 13.6. The molecule has 0 saturated heterocycles. The summed E-state index contributed by atoms with van der Waals surface area (Å²) in [5, 5.41) is 16.4. The zero-order chi connectivity index (χ0) is 17.6. The van der Waals surface area contributed by atoms with Crippen LogP contribution in [0.15, 0.2) is 48.5 Å². The molecule has 2 aromatic carbocycles. The summed E-state index contributed by atoms with van der Waals surface area (Å²) in [6.07, 6.45) is 1.34. The van der Waals surface area contributed by atoms with E-state index in [0.29, 0.717) is 19.6 Å². The molecule has 0 spiro atoms. The minimum absolute atomic E-state index is 0.0626. The molecule has 2 amide bonds. The number of carbonyl (C=O) groups is 1. The van der Waals surface area contributed by atoms with E-state index in [9.17, 15) is 14.9 Å². The monoisotopic (exact) mass is 341 g/mol. The number of hydrogen-bond donors (Lipinski definition) is 2. The van der Waals surface area contributed by atoms with Crippen molar-refractivity contribution in [2.45, 2.75) is 18.9 Å². The minimum Gasteiger partial charge on any atom is -0.493 e. The van der Waals surface area contributed by atoms with Crippen LogP contribution >= 0.6 is 0 Å². The third-order valence-electron chi connectivity index (χ3n) is 4.11. The van der Waals surface area contributed by atoms with Crippen LogP contribution in [0.4, 0.5) is 10.5 Å². The second kappa shape index (κ2) is 7.65. The van der Waals surface area contributed by atoms with Gasteiger partial charge in [0, 0.05) is 30.7 Å². The van der Waals surface area contributed by atoms with E-state index in [1.54, 1.807) is 12.1 Å². The van der Waals surface area contributed by atoms with Crippen LogP contribution in [0.2, 0.25) is 0 Å². The fourth-order valence-electron chi connectivity index (χ4n) is 2.81. The number of rotatable bonds is 5. The van der Waals surface area contributed by atoms with E-state index in [-0.39, 0.29) is 17.8 Å². The van der Waals surface area contributed by atoms with Crippen LogP contribution in [0, 0.1) is 10.1 Å². The maximum Gasteiger partial charge on any atom is 0.315 e. The number of hydrogen-bond acceptors (Lipinski definition) is 4. The molecule has 1 aliphatic rings. The van der Waals surface area contributed by atoms with Crippen molar-refractivity contribution in [2.24, 2.45) is 0 Å². The van der Waals surface area contributed by atoms with Gasteiger partial charge in [-0.05, 0) is 18.1 Å². The number of ether oxygens (including phenoxy) is 1. The van der Waals surface area contributed by atoms with Crippen LogP contribution in [0.1, 0.15) is 23.6 Å². The molecule has 0 aliphatic carbocycles. The lowest BCUT2D eigenvalue weighted by Crippen LogP contribution is -2.40. The number of nitro benzene ring substituents is 1. The number of benzene rings is 2. The number of non-ortho nitro benzene ring substituents is 1. The number of urea groups is 1. The molecule has 0 radical (unpaired) electrons. The fourth-order valence-corrected chi connectivity index (χ4v) is 2.81. The van der Waals surface area contributed by atoms with E-state index in [4.69, 9.17) is 4.74 Å². The Morgan fingerprint density at radius 2 is 1.96 bits per heavy atom. The van der Waals surface area contributed by atoms with Gasteiger partial charge in [0.05, 0.1) is 17.6 Å². The summed E-state index contributed by atoms with van der Waals surface area (Å²) in [7, 11) is 0. The Hall–Kier alpha value is -3.09.